The number of carbonyl (C=O) groups is 1. The summed E-state index contributed by atoms with van der Waals surface area (Å²) in [7, 11) is 0. The van der Waals surface area contributed by atoms with E-state index in [1.165, 1.54) is 11.3 Å². The van der Waals surface area contributed by atoms with Crippen molar-refractivity contribution in [3.05, 3.63) is 21.9 Å². The van der Waals surface area contributed by atoms with Crippen LogP contribution < -0.4 is 17.0 Å². The fourth-order valence-electron chi connectivity index (χ4n) is 2.08. The number of nitrogen functional groups attached to an aromatic ring is 1. The molecule has 1 amide bonds. The lowest BCUT2D eigenvalue weighted by Crippen LogP contribution is -2.39. The Morgan fingerprint density at radius 3 is 2.88 bits per heavy atom. The molecule has 1 fully saturated rings. The van der Waals surface area contributed by atoms with Gasteiger partial charge in [0.05, 0.1) is 4.88 Å². The van der Waals surface area contributed by atoms with E-state index in [0.29, 0.717) is 10.9 Å². The Balaban J connectivity index is 1.99. The second-order valence-electron chi connectivity index (χ2n) is 4.36. The first-order valence-electron chi connectivity index (χ1n) is 5.76. The number of hydrogen-bond acceptors (Lipinski definition) is 5. The molecule has 0 bridgehead atoms. The van der Waals surface area contributed by atoms with Gasteiger partial charge in [-0.25, -0.2) is 5.84 Å². The fourth-order valence-corrected chi connectivity index (χ4v) is 2.90. The van der Waals surface area contributed by atoms with Crippen molar-refractivity contribution in [1.29, 1.82) is 0 Å². The maximum atomic E-state index is 11.5. The van der Waals surface area contributed by atoms with Gasteiger partial charge in [0.15, 0.2) is 0 Å². The molecule has 0 atom stereocenters. The van der Waals surface area contributed by atoms with Crippen LogP contribution in [-0.2, 0) is 6.54 Å². The van der Waals surface area contributed by atoms with Gasteiger partial charge in [-0.1, -0.05) is 0 Å². The largest absolute Gasteiger partial charge is 0.328 e. The summed E-state index contributed by atoms with van der Waals surface area (Å²) in [6.07, 6.45) is 2.06. The lowest BCUT2D eigenvalue weighted by atomic mass is 10.1. The summed E-state index contributed by atoms with van der Waals surface area (Å²) in [5, 5.41) is 1.93. The van der Waals surface area contributed by atoms with Crippen LogP contribution in [0.25, 0.3) is 0 Å². The molecule has 94 valence electrons. The van der Waals surface area contributed by atoms with Crippen LogP contribution in [0.4, 0.5) is 0 Å². The first kappa shape index (κ1) is 12.5. The molecular formula is C11H18N4OS. The van der Waals surface area contributed by atoms with Gasteiger partial charge in [0, 0.05) is 12.6 Å². The topological polar surface area (TPSA) is 84.4 Å². The molecule has 6 heteroatoms. The van der Waals surface area contributed by atoms with Crippen molar-refractivity contribution < 1.29 is 4.79 Å². The average Bonchev–Trinajstić information content (AvgIpc) is 2.79. The van der Waals surface area contributed by atoms with Gasteiger partial charge in [0.2, 0.25) is 0 Å². The quantitative estimate of drug-likeness (QED) is 0.411. The molecule has 0 radical (unpaired) electrons. The van der Waals surface area contributed by atoms with Crippen LogP contribution in [0.3, 0.4) is 0 Å². The van der Waals surface area contributed by atoms with E-state index in [0.717, 1.165) is 38.0 Å². The summed E-state index contributed by atoms with van der Waals surface area (Å²) in [4.78, 5) is 14.6. The maximum absolute atomic E-state index is 11.5. The van der Waals surface area contributed by atoms with Crippen molar-refractivity contribution in [3.8, 4) is 0 Å². The van der Waals surface area contributed by atoms with E-state index in [4.69, 9.17) is 11.6 Å². The monoisotopic (exact) mass is 254 g/mol. The minimum absolute atomic E-state index is 0.205. The van der Waals surface area contributed by atoms with Crippen LogP contribution in [0.5, 0.6) is 0 Å². The Morgan fingerprint density at radius 2 is 2.24 bits per heavy atom. The smallest absolute Gasteiger partial charge is 0.275 e. The number of nitrogens with one attached hydrogen (secondary N) is 1. The van der Waals surface area contributed by atoms with Crippen LogP contribution >= 0.6 is 11.3 Å². The molecule has 0 aromatic carbocycles. The number of amides is 1. The zero-order valence-electron chi connectivity index (χ0n) is 9.69. The van der Waals surface area contributed by atoms with Gasteiger partial charge in [-0.2, -0.15) is 0 Å². The molecular weight excluding hydrogens is 236 g/mol. The van der Waals surface area contributed by atoms with E-state index in [9.17, 15) is 4.79 Å². The molecule has 5 N–H and O–H groups in total. The SMILES string of the molecule is NNC(=O)c1sccc1CN1CCC(N)CC1. The highest BCUT2D eigenvalue weighted by molar-refractivity contribution is 7.12. The minimum Gasteiger partial charge on any atom is -0.328 e. The molecule has 1 aromatic rings. The first-order valence-corrected chi connectivity index (χ1v) is 6.64. The highest BCUT2D eigenvalue weighted by atomic mass is 32.1. The van der Waals surface area contributed by atoms with Crippen molar-refractivity contribution in [1.82, 2.24) is 10.3 Å². The summed E-state index contributed by atoms with van der Waals surface area (Å²) in [5.74, 6) is 4.96. The zero-order valence-corrected chi connectivity index (χ0v) is 10.5. The van der Waals surface area contributed by atoms with Crippen LogP contribution in [0, 0.1) is 0 Å². The molecule has 17 heavy (non-hydrogen) atoms. The van der Waals surface area contributed by atoms with E-state index < -0.39 is 0 Å². The summed E-state index contributed by atoms with van der Waals surface area (Å²) in [6, 6.07) is 2.32. The molecule has 0 unspecified atom stereocenters. The first-order chi connectivity index (χ1) is 8.20. The molecule has 0 spiro atoms. The third kappa shape index (κ3) is 3.04. The van der Waals surface area contributed by atoms with Gasteiger partial charge < -0.3 is 5.73 Å². The van der Waals surface area contributed by atoms with Gasteiger partial charge >= 0.3 is 0 Å². The number of piperidine rings is 1. The maximum Gasteiger partial charge on any atom is 0.275 e. The summed E-state index contributed by atoms with van der Waals surface area (Å²) < 4.78 is 0. The summed E-state index contributed by atoms with van der Waals surface area (Å²) in [5.41, 5.74) is 9.10. The highest BCUT2D eigenvalue weighted by Crippen LogP contribution is 2.20. The van der Waals surface area contributed by atoms with E-state index in [1.807, 2.05) is 11.4 Å². The highest BCUT2D eigenvalue weighted by Gasteiger charge is 2.19. The van der Waals surface area contributed by atoms with Gasteiger partial charge in [-0.05, 0) is 42.9 Å². The number of likely N-dealkylation sites (tertiary alicyclic amines) is 1. The third-order valence-electron chi connectivity index (χ3n) is 3.11. The van der Waals surface area contributed by atoms with E-state index >= 15 is 0 Å². The summed E-state index contributed by atoms with van der Waals surface area (Å²) >= 11 is 1.43. The van der Waals surface area contributed by atoms with Gasteiger partial charge in [-0.3, -0.25) is 15.1 Å². The molecule has 0 aliphatic carbocycles. The Kier molecular flexibility index (Phi) is 4.11. The summed E-state index contributed by atoms with van der Waals surface area (Å²) in [6.45, 7) is 2.81. The second-order valence-corrected chi connectivity index (χ2v) is 5.28. The Labute approximate surface area is 105 Å². The Hall–Kier alpha value is -0.950. The Morgan fingerprint density at radius 1 is 1.53 bits per heavy atom. The predicted octanol–water partition coefficient (Wildman–Crippen LogP) is 0.275. The molecule has 0 saturated carbocycles. The molecule has 1 saturated heterocycles. The van der Waals surface area contributed by atoms with E-state index in [-0.39, 0.29) is 5.91 Å². The van der Waals surface area contributed by atoms with Gasteiger partial charge in [0.1, 0.15) is 0 Å². The lowest BCUT2D eigenvalue weighted by molar-refractivity contribution is 0.0955. The number of carbonyl (C=O) groups excluding carboxylic acids is 1. The zero-order chi connectivity index (χ0) is 12.3. The van der Waals surface area contributed by atoms with E-state index in [2.05, 4.69) is 10.3 Å². The number of rotatable bonds is 3. The van der Waals surface area contributed by atoms with Crippen molar-refractivity contribution in [2.45, 2.75) is 25.4 Å². The van der Waals surface area contributed by atoms with Gasteiger partial charge in [-0.15, -0.1) is 11.3 Å². The number of nitrogens with zero attached hydrogens (tertiary/aromatic N) is 1. The van der Waals surface area contributed by atoms with Gasteiger partial charge in [0.25, 0.3) is 5.91 Å². The minimum atomic E-state index is -0.205. The van der Waals surface area contributed by atoms with Crippen molar-refractivity contribution in [3.63, 3.8) is 0 Å². The van der Waals surface area contributed by atoms with Crippen molar-refractivity contribution >= 4 is 17.2 Å². The second kappa shape index (κ2) is 5.59. The average molecular weight is 254 g/mol. The molecule has 2 heterocycles. The van der Waals surface area contributed by atoms with Crippen LogP contribution in [0.2, 0.25) is 0 Å². The van der Waals surface area contributed by atoms with Crippen molar-refractivity contribution in [2.75, 3.05) is 13.1 Å². The molecule has 1 aliphatic heterocycles. The third-order valence-corrected chi connectivity index (χ3v) is 4.07. The normalized spacial score (nSPS) is 18.2. The van der Waals surface area contributed by atoms with Crippen LogP contribution in [-0.4, -0.2) is 29.9 Å². The molecule has 5 nitrogen and oxygen atoms in total. The van der Waals surface area contributed by atoms with E-state index in [1.54, 1.807) is 0 Å². The standard InChI is InChI=1S/C11H18N4OS/c12-9-1-4-15(5-2-9)7-8-3-6-17-10(8)11(16)14-13/h3,6,9H,1-2,4-5,7,12-13H2,(H,14,16). The van der Waals surface area contributed by atoms with Crippen LogP contribution in [0.1, 0.15) is 28.1 Å². The molecule has 1 aliphatic rings. The molecule has 2 rings (SSSR count). The number of hydrazine groups is 1. The van der Waals surface area contributed by atoms with Crippen LogP contribution in [0.15, 0.2) is 11.4 Å². The lowest BCUT2D eigenvalue weighted by Gasteiger charge is -2.29. The molecule has 1 aromatic heterocycles. The van der Waals surface area contributed by atoms with Crippen molar-refractivity contribution in [2.24, 2.45) is 11.6 Å². The number of hydrogen-bond donors (Lipinski definition) is 3. The number of thiophene rings is 1. The predicted molar refractivity (Wildman–Crippen MR) is 68.5 cm³/mol. The fraction of sp³-hybridized carbons (Fsp3) is 0.545. The number of nitrogens with two attached hydrogens (primary N) is 2. The Bertz CT molecular complexity index is 385.